The molecule has 1 aromatic carbocycles. The van der Waals surface area contributed by atoms with Gasteiger partial charge in [-0.25, -0.2) is 9.37 Å². The lowest BCUT2D eigenvalue weighted by Crippen LogP contribution is -2.16. The van der Waals surface area contributed by atoms with Crippen LogP contribution in [0.25, 0.3) is 11.3 Å². The highest BCUT2D eigenvalue weighted by Crippen LogP contribution is 2.27. The first-order chi connectivity index (χ1) is 8.50. The molecule has 0 fully saturated rings. The van der Waals surface area contributed by atoms with Crippen LogP contribution in [-0.2, 0) is 0 Å². The van der Waals surface area contributed by atoms with Crippen molar-refractivity contribution >= 4 is 0 Å². The lowest BCUT2D eigenvalue weighted by Gasteiger charge is -2.11. The molecule has 0 bridgehead atoms. The molecule has 2 aromatic rings. The van der Waals surface area contributed by atoms with Crippen LogP contribution in [0.3, 0.4) is 0 Å². The van der Waals surface area contributed by atoms with Crippen molar-refractivity contribution in [2.24, 2.45) is 0 Å². The van der Waals surface area contributed by atoms with Crippen molar-refractivity contribution in [2.45, 2.75) is 26.7 Å². The summed E-state index contributed by atoms with van der Waals surface area (Å²) in [6.07, 6.45) is 1.31. The van der Waals surface area contributed by atoms with Crippen molar-refractivity contribution < 1.29 is 4.39 Å². The molecule has 0 aliphatic carbocycles. The smallest absolute Gasteiger partial charge is 0.254 e. The standard InChI is InChI=1S/C14H15FN2O/c1-8(2)12-13(16-7-17-14(12)18)10-6-9(3)4-5-11(10)15/h4-8H,1-3H3,(H,16,17,18). The first kappa shape index (κ1) is 12.5. The van der Waals surface area contributed by atoms with Crippen LogP contribution in [0.1, 0.15) is 30.9 Å². The first-order valence-electron chi connectivity index (χ1n) is 5.84. The maximum atomic E-state index is 13.9. The van der Waals surface area contributed by atoms with Crippen molar-refractivity contribution in [1.29, 1.82) is 0 Å². The number of aryl methyl sites for hydroxylation is 1. The summed E-state index contributed by atoms with van der Waals surface area (Å²) in [5, 5.41) is 0. The van der Waals surface area contributed by atoms with Crippen LogP contribution in [0.15, 0.2) is 29.3 Å². The van der Waals surface area contributed by atoms with Crippen molar-refractivity contribution in [1.82, 2.24) is 9.97 Å². The van der Waals surface area contributed by atoms with E-state index in [0.29, 0.717) is 16.8 Å². The van der Waals surface area contributed by atoms with E-state index in [1.54, 1.807) is 12.1 Å². The fraction of sp³-hybridized carbons (Fsp3) is 0.286. The molecule has 0 unspecified atom stereocenters. The third-order valence-electron chi connectivity index (χ3n) is 2.84. The van der Waals surface area contributed by atoms with Gasteiger partial charge in [0.2, 0.25) is 0 Å². The zero-order chi connectivity index (χ0) is 13.3. The molecule has 0 radical (unpaired) electrons. The largest absolute Gasteiger partial charge is 0.313 e. The molecule has 0 saturated carbocycles. The molecule has 1 N–H and O–H groups in total. The molecule has 0 aliphatic rings. The molecular formula is C14H15FN2O. The molecule has 0 saturated heterocycles. The number of aromatic amines is 1. The number of halogens is 1. The topological polar surface area (TPSA) is 45.8 Å². The van der Waals surface area contributed by atoms with Crippen LogP contribution in [0, 0.1) is 12.7 Å². The molecule has 18 heavy (non-hydrogen) atoms. The van der Waals surface area contributed by atoms with Gasteiger partial charge in [0.25, 0.3) is 5.56 Å². The summed E-state index contributed by atoms with van der Waals surface area (Å²) in [7, 11) is 0. The second kappa shape index (κ2) is 4.72. The SMILES string of the molecule is Cc1ccc(F)c(-c2nc[nH]c(=O)c2C(C)C)c1. The Labute approximate surface area is 105 Å². The third kappa shape index (κ3) is 2.18. The van der Waals surface area contributed by atoms with Gasteiger partial charge in [-0.1, -0.05) is 25.5 Å². The Morgan fingerprint density at radius 2 is 2.06 bits per heavy atom. The maximum Gasteiger partial charge on any atom is 0.254 e. The molecule has 1 heterocycles. The summed E-state index contributed by atoms with van der Waals surface area (Å²) in [4.78, 5) is 18.5. The maximum absolute atomic E-state index is 13.9. The van der Waals surface area contributed by atoms with E-state index >= 15 is 0 Å². The Hall–Kier alpha value is -1.97. The van der Waals surface area contributed by atoms with Crippen LogP contribution in [0.5, 0.6) is 0 Å². The van der Waals surface area contributed by atoms with Gasteiger partial charge in [0.1, 0.15) is 5.82 Å². The lowest BCUT2D eigenvalue weighted by atomic mass is 9.97. The van der Waals surface area contributed by atoms with E-state index in [1.807, 2.05) is 20.8 Å². The molecule has 0 atom stereocenters. The quantitative estimate of drug-likeness (QED) is 0.885. The highest BCUT2D eigenvalue weighted by Gasteiger charge is 2.16. The van der Waals surface area contributed by atoms with Gasteiger partial charge >= 0.3 is 0 Å². The Bertz CT molecular complexity index is 632. The third-order valence-corrected chi connectivity index (χ3v) is 2.84. The highest BCUT2D eigenvalue weighted by atomic mass is 19.1. The lowest BCUT2D eigenvalue weighted by molar-refractivity contribution is 0.629. The summed E-state index contributed by atoms with van der Waals surface area (Å²) in [6.45, 7) is 5.66. The highest BCUT2D eigenvalue weighted by molar-refractivity contribution is 5.64. The average molecular weight is 246 g/mol. The van der Waals surface area contributed by atoms with Crippen LogP contribution in [-0.4, -0.2) is 9.97 Å². The number of hydrogen-bond acceptors (Lipinski definition) is 2. The zero-order valence-electron chi connectivity index (χ0n) is 10.6. The molecule has 0 amide bonds. The Kier molecular flexibility index (Phi) is 3.28. The number of H-pyrrole nitrogens is 1. The van der Waals surface area contributed by atoms with Crippen molar-refractivity contribution in [3.8, 4) is 11.3 Å². The van der Waals surface area contributed by atoms with Gasteiger partial charge < -0.3 is 4.98 Å². The molecule has 4 heteroatoms. The number of nitrogens with zero attached hydrogens (tertiary/aromatic N) is 1. The van der Waals surface area contributed by atoms with E-state index in [9.17, 15) is 9.18 Å². The molecule has 0 aliphatic heterocycles. The molecular weight excluding hydrogens is 231 g/mol. The zero-order valence-corrected chi connectivity index (χ0v) is 10.6. The van der Waals surface area contributed by atoms with Crippen LogP contribution in [0.4, 0.5) is 4.39 Å². The number of nitrogens with one attached hydrogen (secondary N) is 1. The van der Waals surface area contributed by atoms with Gasteiger partial charge in [0.15, 0.2) is 0 Å². The van der Waals surface area contributed by atoms with Crippen molar-refractivity contribution in [2.75, 3.05) is 0 Å². The van der Waals surface area contributed by atoms with Gasteiger partial charge in [0.05, 0.1) is 12.0 Å². The monoisotopic (exact) mass is 246 g/mol. The van der Waals surface area contributed by atoms with Crippen LogP contribution in [0.2, 0.25) is 0 Å². The molecule has 1 aromatic heterocycles. The Morgan fingerprint density at radius 3 is 2.72 bits per heavy atom. The predicted molar refractivity (Wildman–Crippen MR) is 69.1 cm³/mol. The van der Waals surface area contributed by atoms with Crippen molar-refractivity contribution in [3.05, 3.63) is 51.8 Å². The van der Waals surface area contributed by atoms with Gasteiger partial charge in [0, 0.05) is 11.1 Å². The van der Waals surface area contributed by atoms with Gasteiger partial charge in [-0.2, -0.15) is 0 Å². The van der Waals surface area contributed by atoms with Gasteiger partial charge in [-0.3, -0.25) is 4.79 Å². The number of aromatic nitrogens is 2. The number of rotatable bonds is 2. The van der Waals surface area contributed by atoms with E-state index in [-0.39, 0.29) is 17.3 Å². The van der Waals surface area contributed by atoms with Gasteiger partial charge in [-0.15, -0.1) is 0 Å². The van der Waals surface area contributed by atoms with E-state index in [0.717, 1.165) is 5.56 Å². The first-order valence-corrected chi connectivity index (χ1v) is 5.84. The molecule has 0 spiro atoms. The van der Waals surface area contributed by atoms with E-state index < -0.39 is 0 Å². The summed E-state index contributed by atoms with van der Waals surface area (Å²) in [5.41, 5.74) is 2.04. The van der Waals surface area contributed by atoms with Crippen LogP contribution >= 0.6 is 0 Å². The van der Waals surface area contributed by atoms with Gasteiger partial charge in [-0.05, 0) is 25.0 Å². The fourth-order valence-corrected chi connectivity index (χ4v) is 1.98. The summed E-state index contributed by atoms with van der Waals surface area (Å²) < 4.78 is 13.9. The van der Waals surface area contributed by atoms with E-state index in [4.69, 9.17) is 0 Å². The molecule has 94 valence electrons. The van der Waals surface area contributed by atoms with Crippen molar-refractivity contribution in [3.63, 3.8) is 0 Å². The minimum atomic E-state index is -0.361. The number of hydrogen-bond donors (Lipinski definition) is 1. The average Bonchev–Trinajstić information content (AvgIpc) is 2.31. The summed E-state index contributed by atoms with van der Waals surface area (Å²) >= 11 is 0. The second-order valence-electron chi connectivity index (χ2n) is 4.63. The Balaban J connectivity index is 2.75. The Morgan fingerprint density at radius 1 is 1.33 bits per heavy atom. The predicted octanol–water partition coefficient (Wildman–Crippen LogP) is 3.01. The minimum absolute atomic E-state index is 0.0163. The number of benzene rings is 1. The van der Waals surface area contributed by atoms with E-state index in [2.05, 4.69) is 9.97 Å². The van der Waals surface area contributed by atoms with E-state index in [1.165, 1.54) is 12.4 Å². The fourth-order valence-electron chi connectivity index (χ4n) is 1.98. The molecule has 2 rings (SSSR count). The molecule has 3 nitrogen and oxygen atoms in total. The summed E-state index contributed by atoms with van der Waals surface area (Å²) in [5.74, 6) is -0.377. The minimum Gasteiger partial charge on any atom is -0.313 e. The van der Waals surface area contributed by atoms with Crippen LogP contribution < -0.4 is 5.56 Å². The summed E-state index contributed by atoms with van der Waals surface area (Å²) in [6, 6.07) is 4.81. The normalized spacial score (nSPS) is 10.9. The second-order valence-corrected chi connectivity index (χ2v) is 4.63.